The van der Waals surface area contributed by atoms with Crippen molar-refractivity contribution in [3.8, 4) is 11.3 Å². The van der Waals surface area contributed by atoms with Crippen LogP contribution in [0, 0.1) is 5.92 Å². The molecule has 58 heavy (non-hydrogen) atoms. The van der Waals surface area contributed by atoms with Gasteiger partial charge in [0.1, 0.15) is 23.7 Å². The van der Waals surface area contributed by atoms with E-state index in [1.165, 1.54) is 25.3 Å². The highest BCUT2D eigenvalue weighted by Gasteiger charge is 2.39. The van der Waals surface area contributed by atoms with Gasteiger partial charge in [-0.1, -0.05) is 81.4 Å². The van der Waals surface area contributed by atoms with Gasteiger partial charge in [-0.25, -0.2) is 19.6 Å². The number of imidazole rings is 2. The van der Waals surface area contributed by atoms with Crippen LogP contribution in [0.3, 0.4) is 0 Å². The van der Waals surface area contributed by atoms with E-state index in [4.69, 9.17) is 14.7 Å². The first-order valence-corrected chi connectivity index (χ1v) is 20.4. The van der Waals surface area contributed by atoms with Crippen LogP contribution in [0.15, 0.2) is 73.1 Å². The standard InChI is InChI=1S/C44H55N9O5/c1-27(2)36(51-43(57)58-5)40(54)52-23-9-13-34(52)38-46-25-32(48-38)28-15-17-31(18-16-28)44(3)21-19-29(20-22-44)33-26-47-39(49-33)35-14-10-24-53(35)41(55)37(50-42(56)45-4)30-11-7-6-8-12-30/h6-8,11-12,15-19,25-27,34-37H,9-10,13-14,20-24H2,1-5H3,(H,46,48)(H,47,49)(H,51,57)(H2,45,50,56)/t34-,35-,36-,37+,44?/m0/s1. The molecule has 4 heterocycles. The summed E-state index contributed by atoms with van der Waals surface area (Å²) in [6.45, 7) is 7.32. The molecule has 1 aliphatic carbocycles. The fraction of sp³-hybridized carbons (Fsp3) is 0.455. The Bertz CT molecular complexity index is 2130. The van der Waals surface area contributed by atoms with Crippen molar-refractivity contribution < 1.29 is 23.9 Å². The molecule has 2 saturated heterocycles. The number of alkyl carbamates (subject to hydrolysis) is 1. The van der Waals surface area contributed by atoms with E-state index in [1.807, 2.05) is 66.4 Å². The van der Waals surface area contributed by atoms with Crippen LogP contribution >= 0.6 is 0 Å². The van der Waals surface area contributed by atoms with Gasteiger partial charge in [-0.3, -0.25) is 9.59 Å². The Morgan fingerprint density at radius 1 is 0.845 bits per heavy atom. The minimum atomic E-state index is -0.803. The number of nitrogens with one attached hydrogen (secondary N) is 5. The van der Waals surface area contributed by atoms with Gasteiger partial charge in [0.2, 0.25) is 11.8 Å². The number of hydrogen-bond donors (Lipinski definition) is 5. The van der Waals surface area contributed by atoms with E-state index in [9.17, 15) is 19.2 Å². The van der Waals surface area contributed by atoms with Gasteiger partial charge in [0.05, 0.1) is 43.0 Å². The third-order valence-corrected chi connectivity index (χ3v) is 12.2. The van der Waals surface area contributed by atoms with Gasteiger partial charge in [-0.2, -0.15) is 0 Å². The number of likely N-dealkylation sites (tertiary alicyclic amines) is 2. The van der Waals surface area contributed by atoms with Crippen LogP contribution in [-0.4, -0.2) is 87.0 Å². The molecular formula is C44H55N9O5. The molecule has 4 aromatic rings. The SMILES string of the molecule is CNC(=O)N[C@@H](C(=O)N1CCC[C@H]1c1ncc(C2=CCC(C)(c3ccc(-c4cnc([C@@H]5CCCN5C(=O)[C@@H](NC(=O)OC)C(C)C)[nH]4)cc3)CC2)[nH]1)c1ccccc1. The van der Waals surface area contributed by atoms with Crippen molar-refractivity contribution in [2.45, 2.75) is 95.3 Å². The molecule has 1 unspecified atom stereocenters. The second-order valence-electron chi connectivity index (χ2n) is 16.2. The maximum Gasteiger partial charge on any atom is 0.407 e. The summed E-state index contributed by atoms with van der Waals surface area (Å²) in [5.74, 6) is 1.12. The largest absolute Gasteiger partial charge is 0.453 e. The van der Waals surface area contributed by atoms with Crippen molar-refractivity contribution in [2.75, 3.05) is 27.2 Å². The number of rotatable bonds is 11. The average Bonchev–Trinajstić information content (AvgIpc) is 4.09. The molecule has 14 heteroatoms. The van der Waals surface area contributed by atoms with Gasteiger partial charge in [0.15, 0.2) is 0 Å². The van der Waals surface area contributed by atoms with E-state index in [0.29, 0.717) is 13.1 Å². The summed E-state index contributed by atoms with van der Waals surface area (Å²) < 4.78 is 4.77. The molecule has 3 aliphatic rings. The minimum absolute atomic E-state index is 0.0428. The molecule has 7 rings (SSSR count). The lowest BCUT2D eigenvalue weighted by Crippen LogP contribution is -2.51. The number of amides is 5. The van der Waals surface area contributed by atoms with Crippen molar-refractivity contribution in [2.24, 2.45) is 5.92 Å². The number of ether oxygens (including phenoxy) is 1. The van der Waals surface area contributed by atoms with Crippen LogP contribution in [0.5, 0.6) is 0 Å². The Kier molecular flexibility index (Phi) is 12.0. The van der Waals surface area contributed by atoms with E-state index < -0.39 is 24.2 Å². The van der Waals surface area contributed by atoms with Crippen LogP contribution in [0.25, 0.3) is 16.8 Å². The molecule has 2 aromatic heterocycles. The monoisotopic (exact) mass is 789 g/mol. The zero-order valence-electron chi connectivity index (χ0n) is 34.0. The van der Waals surface area contributed by atoms with Gasteiger partial charge in [-0.15, -0.1) is 0 Å². The Hall–Kier alpha value is -5.92. The van der Waals surface area contributed by atoms with Crippen LogP contribution in [-0.2, 0) is 19.7 Å². The molecule has 5 amide bonds. The number of hydrogen-bond acceptors (Lipinski definition) is 7. The highest BCUT2D eigenvalue weighted by molar-refractivity contribution is 5.89. The molecule has 2 fully saturated rings. The first-order valence-electron chi connectivity index (χ1n) is 20.4. The van der Waals surface area contributed by atoms with E-state index in [1.54, 1.807) is 0 Å². The maximum absolute atomic E-state index is 14.0. The number of methoxy groups -OCH3 is 1. The number of carbonyl (C=O) groups is 4. The molecule has 14 nitrogen and oxygen atoms in total. The van der Waals surface area contributed by atoms with Crippen LogP contribution in [0.4, 0.5) is 9.59 Å². The smallest absolute Gasteiger partial charge is 0.407 e. The normalized spacial score (nSPS) is 21.7. The summed E-state index contributed by atoms with van der Waals surface area (Å²) in [5, 5.41) is 8.12. The Morgan fingerprint density at radius 3 is 2.05 bits per heavy atom. The molecule has 5 N–H and O–H groups in total. The Morgan fingerprint density at radius 2 is 1.47 bits per heavy atom. The molecule has 2 aliphatic heterocycles. The molecular weight excluding hydrogens is 735 g/mol. The molecule has 0 saturated carbocycles. The van der Waals surface area contributed by atoms with Crippen LogP contribution < -0.4 is 16.0 Å². The predicted octanol–water partition coefficient (Wildman–Crippen LogP) is 6.70. The van der Waals surface area contributed by atoms with E-state index >= 15 is 0 Å². The number of allylic oxidation sites excluding steroid dienone is 2. The first kappa shape index (κ1) is 40.3. The van der Waals surface area contributed by atoms with Gasteiger partial charge in [0.25, 0.3) is 0 Å². The van der Waals surface area contributed by atoms with Gasteiger partial charge >= 0.3 is 12.1 Å². The summed E-state index contributed by atoms with van der Waals surface area (Å²) in [7, 11) is 2.83. The van der Waals surface area contributed by atoms with Crippen LogP contribution in [0.2, 0.25) is 0 Å². The molecule has 2 aromatic carbocycles. The van der Waals surface area contributed by atoms with Crippen molar-refractivity contribution in [1.82, 2.24) is 45.7 Å². The Labute approximate surface area is 339 Å². The maximum atomic E-state index is 14.0. The topological polar surface area (TPSA) is 177 Å². The lowest BCUT2D eigenvalue weighted by Gasteiger charge is -2.33. The average molecular weight is 790 g/mol. The molecule has 5 atom stereocenters. The van der Waals surface area contributed by atoms with Crippen molar-refractivity contribution >= 4 is 29.5 Å². The zero-order chi connectivity index (χ0) is 41.0. The summed E-state index contributed by atoms with van der Waals surface area (Å²) in [4.78, 5) is 72.1. The molecule has 0 radical (unpaired) electrons. The van der Waals surface area contributed by atoms with E-state index in [0.717, 1.165) is 79.1 Å². The fourth-order valence-electron chi connectivity index (χ4n) is 8.65. The molecule has 0 bridgehead atoms. The first-order chi connectivity index (χ1) is 28.0. The lowest BCUT2D eigenvalue weighted by atomic mass is 9.71. The second-order valence-corrected chi connectivity index (χ2v) is 16.2. The quantitative estimate of drug-likeness (QED) is 0.112. The van der Waals surface area contributed by atoms with Crippen molar-refractivity contribution in [1.29, 1.82) is 0 Å². The second kappa shape index (κ2) is 17.3. The van der Waals surface area contributed by atoms with Gasteiger partial charge in [0, 0.05) is 20.1 Å². The number of aromatic nitrogens is 4. The summed E-state index contributed by atoms with van der Waals surface area (Å²) in [5.41, 5.74) is 6.06. The predicted molar refractivity (Wildman–Crippen MR) is 220 cm³/mol. The third-order valence-electron chi connectivity index (χ3n) is 12.2. The van der Waals surface area contributed by atoms with E-state index in [2.05, 4.69) is 63.2 Å². The number of aromatic amines is 2. The van der Waals surface area contributed by atoms with Gasteiger partial charge in [-0.05, 0) is 78.5 Å². The third kappa shape index (κ3) is 8.37. The fourth-order valence-corrected chi connectivity index (χ4v) is 8.65. The highest BCUT2D eigenvalue weighted by atomic mass is 16.5. The minimum Gasteiger partial charge on any atom is -0.453 e. The molecule has 0 spiro atoms. The summed E-state index contributed by atoms with van der Waals surface area (Å²) in [6.07, 6.45) is 11.4. The van der Waals surface area contributed by atoms with Crippen LogP contribution in [0.1, 0.15) is 112 Å². The summed E-state index contributed by atoms with van der Waals surface area (Å²) >= 11 is 0. The van der Waals surface area contributed by atoms with Gasteiger partial charge < -0.3 is 40.5 Å². The van der Waals surface area contributed by atoms with E-state index in [-0.39, 0.29) is 35.2 Å². The molecule has 306 valence electrons. The number of H-pyrrole nitrogens is 2. The number of urea groups is 1. The Balaban J connectivity index is 0.997. The summed E-state index contributed by atoms with van der Waals surface area (Å²) in [6, 6.07) is 15.7. The number of carbonyl (C=O) groups excluding carboxylic acids is 4. The number of benzene rings is 2. The van der Waals surface area contributed by atoms with Crippen molar-refractivity contribution in [3.05, 3.63) is 102 Å². The highest BCUT2D eigenvalue weighted by Crippen LogP contribution is 2.42. The van der Waals surface area contributed by atoms with Crippen molar-refractivity contribution in [3.63, 3.8) is 0 Å². The number of nitrogens with zero attached hydrogens (tertiary/aromatic N) is 4. The zero-order valence-corrected chi connectivity index (χ0v) is 34.0. The lowest BCUT2D eigenvalue weighted by molar-refractivity contribution is -0.135.